The molecule has 5 heteroatoms. The fraction of sp³-hybridized carbons (Fsp3) is 1.00. The fourth-order valence-electron chi connectivity index (χ4n) is 1.32. The van der Waals surface area contributed by atoms with E-state index in [4.69, 9.17) is 16.7 Å². The van der Waals surface area contributed by atoms with E-state index in [0.29, 0.717) is 17.6 Å². The first-order valence-corrected chi connectivity index (χ1v) is 4.79. The second kappa shape index (κ2) is 5.78. The second-order valence-electron chi connectivity index (χ2n) is 3.95. The lowest BCUT2D eigenvalue weighted by atomic mass is 10.2. The van der Waals surface area contributed by atoms with E-state index in [1.165, 1.54) is 0 Å². The molecule has 2 atom stereocenters. The van der Waals surface area contributed by atoms with Gasteiger partial charge in [0, 0.05) is 0 Å². The third kappa shape index (κ3) is 6.23. The highest BCUT2D eigenvalue weighted by molar-refractivity contribution is 6.18. The van der Waals surface area contributed by atoms with Crippen molar-refractivity contribution in [2.24, 2.45) is 0 Å². The van der Waals surface area contributed by atoms with Crippen LogP contribution < -0.4 is 0 Å². The highest BCUT2D eigenvalue weighted by atomic mass is 35.5. The molecule has 0 heterocycles. The summed E-state index contributed by atoms with van der Waals surface area (Å²) in [6, 6.07) is 0. The molecule has 0 aliphatic heterocycles. The number of hydrogen-bond donors (Lipinski definition) is 3. The van der Waals surface area contributed by atoms with Gasteiger partial charge in [0.15, 0.2) is 0 Å². The van der Waals surface area contributed by atoms with Crippen LogP contribution in [0.5, 0.6) is 0 Å². The zero-order chi connectivity index (χ0) is 10.5. The number of hydrogen-bond acceptors (Lipinski definition) is 3. The number of halogens is 1. The Bertz CT molecular complexity index is 129. The van der Waals surface area contributed by atoms with Crippen molar-refractivity contribution in [2.75, 3.05) is 39.7 Å². The SMILES string of the molecule is C[N+](C)(CC(O)CO)CC(O)CCl. The van der Waals surface area contributed by atoms with Crippen LogP contribution in [0.1, 0.15) is 0 Å². The molecule has 0 aromatic carbocycles. The molecule has 13 heavy (non-hydrogen) atoms. The molecule has 0 bridgehead atoms. The summed E-state index contributed by atoms with van der Waals surface area (Å²) in [4.78, 5) is 0. The molecule has 0 aliphatic rings. The Kier molecular flexibility index (Phi) is 5.83. The Morgan fingerprint density at radius 1 is 1.15 bits per heavy atom. The summed E-state index contributed by atoms with van der Waals surface area (Å²) in [7, 11) is 3.74. The molecule has 0 aromatic rings. The Labute approximate surface area is 83.9 Å². The number of rotatable bonds is 6. The van der Waals surface area contributed by atoms with Gasteiger partial charge in [-0.05, 0) is 0 Å². The molecule has 4 nitrogen and oxygen atoms in total. The van der Waals surface area contributed by atoms with E-state index in [9.17, 15) is 10.2 Å². The van der Waals surface area contributed by atoms with E-state index in [0.717, 1.165) is 0 Å². The quantitative estimate of drug-likeness (QED) is 0.392. The summed E-state index contributed by atoms with van der Waals surface area (Å²) >= 11 is 5.46. The molecule has 0 spiro atoms. The van der Waals surface area contributed by atoms with E-state index in [1.54, 1.807) is 0 Å². The molecular weight excluding hydrogens is 194 g/mol. The van der Waals surface area contributed by atoms with Crippen LogP contribution in [0.25, 0.3) is 0 Å². The monoisotopic (exact) mass is 212 g/mol. The van der Waals surface area contributed by atoms with Crippen molar-refractivity contribution < 1.29 is 19.8 Å². The van der Waals surface area contributed by atoms with E-state index in [2.05, 4.69) is 0 Å². The van der Waals surface area contributed by atoms with Crippen LogP contribution in [0.4, 0.5) is 0 Å². The molecule has 0 saturated carbocycles. The van der Waals surface area contributed by atoms with Crippen LogP contribution in [0.2, 0.25) is 0 Å². The first-order valence-electron chi connectivity index (χ1n) is 4.26. The Hall–Kier alpha value is 0.130. The smallest absolute Gasteiger partial charge is 0.126 e. The minimum atomic E-state index is -0.738. The Balaban J connectivity index is 3.92. The molecular formula is C8H19ClNO3+. The lowest BCUT2D eigenvalue weighted by Crippen LogP contribution is -2.50. The van der Waals surface area contributed by atoms with Gasteiger partial charge in [-0.15, -0.1) is 11.6 Å². The van der Waals surface area contributed by atoms with Crippen molar-refractivity contribution >= 4 is 11.6 Å². The van der Waals surface area contributed by atoms with E-state index in [1.807, 2.05) is 14.1 Å². The maximum Gasteiger partial charge on any atom is 0.126 e. The minimum Gasteiger partial charge on any atom is -0.393 e. The van der Waals surface area contributed by atoms with Gasteiger partial charge in [0.25, 0.3) is 0 Å². The van der Waals surface area contributed by atoms with Crippen molar-refractivity contribution in [3.05, 3.63) is 0 Å². The Morgan fingerprint density at radius 3 is 2.00 bits per heavy atom. The summed E-state index contributed by atoms with van der Waals surface area (Å²) < 4.78 is 0.440. The summed E-state index contributed by atoms with van der Waals surface area (Å²) in [5.74, 6) is 0.191. The fourth-order valence-corrected chi connectivity index (χ4v) is 1.42. The van der Waals surface area contributed by atoms with Gasteiger partial charge in [-0.2, -0.15) is 0 Å². The molecule has 0 radical (unpaired) electrons. The highest BCUT2D eigenvalue weighted by Crippen LogP contribution is 2.03. The maximum atomic E-state index is 9.29. The van der Waals surface area contributed by atoms with Gasteiger partial charge >= 0.3 is 0 Å². The predicted molar refractivity (Wildman–Crippen MR) is 51.7 cm³/mol. The molecule has 0 aromatic heterocycles. The number of aliphatic hydroxyl groups is 3. The van der Waals surface area contributed by atoms with Gasteiger partial charge in [-0.1, -0.05) is 0 Å². The molecule has 80 valence electrons. The minimum absolute atomic E-state index is 0.191. The molecule has 0 saturated heterocycles. The lowest BCUT2D eigenvalue weighted by Gasteiger charge is -2.32. The van der Waals surface area contributed by atoms with Gasteiger partial charge in [-0.3, -0.25) is 0 Å². The molecule has 0 aliphatic carbocycles. The van der Waals surface area contributed by atoms with Gasteiger partial charge in [0.1, 0.15) is 25.3 Å². The molecule has 0 rings (SSSR count). The topological polar surface area (TPSA) is 60.7 Å². The lowest BCUT2D eigenvalue weighted by molar-refractivity contribution is -0.896. The number of aliphatic hydroxyl groups excluding tert-OH is 3. The number of quaternary nitrogens is 1. The second-order valence-corrected chi connectivity index (χ2v) is 4.25. The van der Waals surface area contributed by atoms with Crippen molar-refractivity contribution in [3.63, 3.8) is 0 Å². The molecule has 0 fully saturated rings. The van der Waals surface area contributed by atoms with Gasteiger partial charge in [0.2, 0.25) is 0 Å². The third-order valence-corrected chi connectivity index (χ3v) is 2.16. The zero-order valence-corrected chi connectivity index (χ0v) is 8.91. The van der Waals surface area contributed by atoms with Crippen molar-refractivity contribution in [2.45, 2.75) is 12.2 Å². The summed E-state index contributed by atoms with van der Waals surface area (Å²) in [5, 5.41) is 27.1. The largest absolute Gasteiger partial charge is 0.393 e. The van der Waals surface area contributed by atoms with Crippen LogP contribution in [0.3, 0.4) is 0 Å². The summed E-state index contributed by atoms with van der Waals surface area (Å²) in [5.41, 5.74) is 0. The van der Waals surface area contributed by atoms with Gasteiger partial charge in [0.05, 0.1) is 26.6 Å². The first kappa shape index (κ1) is 13.1. The van der Waals surface area contributed by atoms with Gasteiger partial charge in [-0.25, -0.2) is 0 Å². The maximum absolute atomic E-state index is 9.29. The van der Waals surface area contributed by atoms with E-state index < -0.39 is 12.2 Å². The Morgan fingerprint density at radius 2 is 1.62 bits per heavy atom. The third-order valence-electron chi connectivity index (χ3n) is 1.80. The molecule has 3 N–H and O–H groups in total. The summed E-state index contributed by atoms with van der Waals surface area (Å²) in [6.45, 7) is 0.629. The average molecular weight is 213 g/mol. The predicted octanol–water partition coefficient (Wildman–Crippen LogP) is -0.984. The zero-order valence-electron chi connectivity index (χ0n) is 8.15. The van der Waals surface area contributed by atoms with Crippen LogP contribution in [0.15, 0.2) is 0 Å². The average Bonchev–Trinajstić information content (AvgIpc) is 2.02. The number of nitrogens with zero attached hydrogens (tertiary/aromatic N) is 1. The van der Waals surface area contributed by atoms with Crippen LogP contribution in [0, 0.1) is 0 Å². The van der Waals surface area contributed by atoms with Crippen LogP contribution in [-0.2, 0) is 0 Å². The van der Waals surface area contributed by atoms with Crippen molar-refractivity contribution in [1.29, 1.82) is 0 Å². The molecule has 2 unspecified atom stereocenters. The first-order chi connectivity index (χ1) is 5.91. The van der Waals surface area contributed by atoms with E-state index in [-0.39, 0.29) is 12.5 Å². The van der Waals surface area contributed by atoms with Crippen molar-refractivity contribution in [3.8, 4) is 0 Å². The summed E-state index contributed by atoms with van der Waals surface area (Å²) in [6.07, 6.45) is -1.31. The van der Waals surface area contributed by atoms with Crippen LogP contribution >= 0.6 is 11.6 Å². The van der Waals surface area contributed by atoms with Gasteiger partial charge < -0.3 is 19.8 Å². The number of alkyl halides is 1. The number of likely N-dealkylation sites (N-methyl/N-ethyl adjacent to an activating group) is 1. The highest BCUT2D eigenvalue weighted by Gasteiger charge is 2.23. The van der Waals surface area contributed by atoms with Crippen LogP contribution in [-0.4, -0.2) is 71.7 Å². The van der Waals surface area contributed by atoms with E-state index >= 15 is 0 Å². The normalized spacial score (nSPS) is 17.1. The standard InChI is InChI=1S/C8H19ClNO3/c1-10(2,4-7(12)3-9)5-8(13)6-11/h7-8,11-13H,3-6H2,1-2H3/q+1. The van der Waals surface area contributed by atoms with Crippen molar-refractivity contribution in [1.82, 2.24) is 0 Å². The molecule has 0 amide bonds.